The number of esters is 1. The predicted molar refractivity (Wildman–Crippen MR) is 222 cm³/mol. The Hall–Kier alpha value is -5.46. The number of fused-ring (bicyclic) bond motifs is 4. The molecule has 4 aliphatic rings. The Labute approximate surface area is 346 Å². The highest BCUT2D eigenvalue weighted by atomic mass is 16.5. The van der Waals surface area contributed by atoms with Gasteiger partial charge in [-0.1, -0.05) is 75.7 Å². The molecule has 13 heteroatoms. The molecule has 59 heavy (non-hydrogen) atoms. The summed E-state index contributed by atoms with van der Waals surface area (Å²) < 4.78 is 9.74. The highest BCUT2D eigenvalue weighted by molar-refractivity contribution is 5.86. The number of piperidine rings is 2. The summed E-state index contributed by atoms with van der Waals surface area (Å²) >= 11 is 0. The minimum Gasteiger partial charge on any atom is -0.469 e. The molecule has 2 aliphatic carbocycles. The number of carbonyl (C=O) groups is 4. The summed E-state index contributed by atoms with van der Waals surface area (Å²) in [5, 5.41) is 2.71. The Morgan fingerprint density at radius 1 is 0.678 bits per heavy atom. The molecule has 3 amide bonds. The maximum Gasteiger partial charge on any atom is 0.407 e. The van der Waals surface area contributed by atoms with Crippen LogP contribution in [0.25, 0.3) is 33.6 Å². The van der Waals surface area contributed by atoms with E-state index in [1.807, 2.05) is 38.1 Å². The van der Waals surface area contributed by atoms with E-state index in [1.165, 1.54) is 14.2 Å². The van der Waals surface area contributed by atoms with E-state index >= 15 is 0 Å². The number of methoxy groups -OCH3 is 2. The fourth-order valence-electron chi connectivity index (χ4n) is 10.8. The van der Waals surface area contributed by atoms with Gasteiger partial charge < -0.3 is 34.6 Å². The number of carbonyl (C=O) groups excluding carboxylic acids is 4. The quantitative estimate of drug-likeness (QED) is 0.108. The smallest absolute Gasteiger partial charge is 0.407 e. The molecule has 0 spiro atoms. The molecule has 9 atom stereocenters. The van der Waals surface area contributed by atoms with E-state index in [0.29, 0.717) is 24.7 Å². The van der Waals surface area contributed by atoms with E-state index in [0.717, 1.165) is 90.2 Å². The summed E-state index contributed by atoms with van der Waals surface area (Å²) in [7, 11) is 2.71. The van der Waals surface area contributed by atoms with Gasteiger partial charge in [0, 0.05) is 24.4 Å². The molecule has 4 heterocycles. The SMILES string of the molecule is CCC(NC(=O)OC)C(=O)N1C2CCC(C2)C1c1ncc(-c2ccc(-c3ccc(-c4cnc(C5C6CCC(C6)N5C(=O)C(CC)C(CC)CC(=O)OC)[nH]4)cc3)cc2)[nH]1. The van der Waals surface area contributed by atoms with E-state index in [4.69, 9.17) is 19.4 Å². The van der Waals surface area contributed by atoms with Crippen LogP contribution in [0, 0.1) is 23.7 Å². The lowest BCUT2D eigenvalue weighted by Gasteiger charge is -2.38. The predicted octanol–water partition coefficient (Wildman–Crippen LogP) is 7.99. The van der Waals surface area contributed by atoms with Crippen LogP contribution in [0.4, 0.5) is 4.79 Å². The molecule has 13 nitrogen and oxygen atoms in total. The molecular weight excluding hydrogens is 747 g/mol. The standard InChI is InChI=1S/C46H57N7O6/c1-6-26(23-39(54)58-4)35(7-2)44(55)52-33-19-17-31(21-33)40(52)42-47-24-37(49-42)29-13-9-27(10-14-29)28-11-15-30(16-12-28)38-25-48-43(50-38)41-32-18-20-34(22-32)53(41)45(56)36(8-3)51-46(57)59-5/h9-16,24-26,31-36,40-41H,6-8,17-23H2,1-5H3,(H,47,49)(H,48,50)(H,51,57). The lowest BCUT2D eigenvalue weighted by atomic mass is 9.83. The molecule has 2 aromatic carbocycles. The largest absolute Gasteiger partial charge is 0.469 e. The number of nitrogens with zero attached hydrogens (tertiary/aromatic N) is 4. The summed E-state index contributed by atoms with van der Waals surface area (Å²) in [5.74, 6) is 1.80. The Balaban J connectivity index is 0.945. The van der Waals surface area contributed by atoms with Crippen molar-refractivity contribution in [2.75, 3.05) is 14.2 Å². The van der Waals surface area contributed by atoms with E-state index in [2.05, 4.69) is 68.7 Å². The molecule has 2 saturated heterocycles. The summed E-state index contributed by atoms with van der Waals surface area (Å²) in [6, 6.07) is 16.3. The van der Waals surface area contributed by atoms with Crippen LogP contribution in [0.5, 0.6) is 0 Å². The Morgan fingerprint density at radius 2 is 1.17 bits per heavy atom. The van der Waals surface area contributed by atoms with Gasteiger partial charge >= 0.3 is 12.1 Å². The highest BCUT2D eigenvalue weighted by Gasteiger charge is 2.52. The number of likely N-dealkylation sites (tertiary alicyclic amines) is 2. The van der Waals surface area contributed by atoms with Gasteiger partial charge in [-0.25, -0.2) is 14.8 Å². The number of nitrogens with one attached hydrogen (secondary N) is 3. The Morgan fingerprint density at radius 3 is 1.61 bits per heavy atom. The Kier molecular flexibility index (Phi) is 11.6. The third-order valence-electron chi connectivity index (χ3n) is 13.8. The summed E-state index contributed by atoms with van der Waals surface area (Å²) in [6.45, 7) is 5.98. The van der Waals surface area contributed by atoms with Crippen LogP contribution in [-0.2, 0) is 23.9 Å². The molecule has 4 fully saturated rings. The number of benzene rings is 2. The van der Waals surface area contributed by atoms with Gasteiger partial charge in [-0.05, 0) is 91.4 Å². The zero-order valence-corrected chi connectivity index (χ0v) is 34.8. The second kappa shape index (κ2) is 17.0. The lowest BCUT2D eigenvalue weighted by molar-refractivity contribution is -0.146. The van der Waals surface area contributed by atoms with Gasteiger partial charge in [0.1, 0.15) is 17.7 Å². The van der Waals surface area contributed by atoms with Gasteiger partial charge in [0.05, 0.1) is 50.1 Å². The van der Waals surface area contributed by atoms with Crippen LogP contribution in [-0.4, -0.2) is 86.0 Å². The summed E-state index contributed by atoms with van der Waals surface area (Å²) in [4.78, 5) is 73.0. The van der Waals surface area contributed by atoms with Crippen LogP contribution in [0.2, 0.25) is 0 Å². The van der Waals surface area contributed by atoms with Crippen LogP contribution in [0.3, 0.4) is 0 Å². The Bertz CT molecular complexity index is 2150. The average Bonchev–Trinajstić information content (AvgIpc) is 4.14. The first-order chi connectivity index (χ1) is 28.7. The molecule has 2 saturated carbocycles. The highest BCUT2D eigenvalue weighted by Crippen LogP contribution is 2.52. The van der Waals surface area contributed by atoms with Crippen molar-refractivity contribution in [2.45, 2.75) is 115 Å². The van der Waals surface area contributed by atoms with Crippen molar-refractivity contribution < 1.29 is 28.7 Å². The fourth-order valence-corrected chi connectivity index (χ4v) is 10.8. The zero-order chi connectivity index (χ0) is 41.4. The van der Waals surface area contributed by atoms with E-state index < -0.39 is 12.1 Å². The molecule has 3 N–H and O–H groups in total. The molecule has 312 valence electrons. The average molecular weight is 804 g/mol. The van der Waals surface area contributed by atoms with Crippen LogP contribution in [0.1, 0.15) is 109 Å². The number of imidazole rings is 2. The van der Waals surface area contributed by atoms with Crippen molar-refractivity contribution in [1.29, 1.82) is 0 Å². The second-order valence-corrected chi connectivity index (χ2v) is 16.9. The molecule has 8 rings (SSSR count). The van der Waals surface area contributed by atoms with Crippen molar-refractivity contribution in [3.63, 3.8) is 0 Å². The lowest BCUT2D eigenvalue weighted by Crippen LogP contribution is -2.51. The van der Waals surface area contributed by atoms with Crippen LogP contribution in [0.15, 0.2) is 60.9 Å². The van der Waals surface area contributed by atoms with Gasteiger partial charge in [0.25, 0.3) is 0 Å². The molecular formula is C46H57N7O6. The number of aromatic amines is 2. The third kappa shape index (κ3) is 7.64. The summed E-state index contributed by atoms with van der Waals surface area (Å²) in [6.07, 6.45) is 11.3. The van der Waals surface area contributed by atoms with Crippen molar-refractivity contribution in [3.8, 4) is 33.6 Å². The van der Waals surface area contributed by atoms with Crippen molar-refractivity contribution in [3.05, 3.63) is 72.6 Å². The number of rotatable bonds is 14. The van der Waals surface area contributed by atoms with Crippen molar-refractivity contribution in [2.24, 2.45) is 23.7 Å². The van der Waals surface area contributed by atoms with Gasteiger partial charge in [0.2, 0.25) is 11.8 Å². The van der Waals surface area contributed by atoms with Crippen molar-refractivity contribution in [1.82, 2.24) is 35.1 Å². The van der Waals surface area contributed by atoms with E-state index in [1.54, 1.807) is 0 Å². The van der Waals surface area contributed by atoms with Gasteiger partial charge in [-0.2, -0.15) is 0 Å². The number of hydrogen-bond donors (Lipinski definition) is 3. The first-order valence-electron chi connectivity index (χ1n) is 21.5. The van der Waals surface area contributed by atoms with Gasteiger partial charge in [-0.15, -0.1) is 0 Å². The molecule has 0 radical (unpaired) electrons. The molecule has 2 aromatic heterocycles. The van der Waals surface area contributed by atoms with Gasteiger partial charge in [-0.3, -0.25) is 14.4 Å². The minimum absolute atomic E-state index is 0.0553. The number of hydrogen-bond acceptors (Lipinski definition) is 8. The number of aromatic nitrogens is 4. The van der Waals surface area contributed by atoms with Crippen LogP contribution < -0.4 is 5.32 Å². The maximum absolute atomic E-state index is 14.3. The third-order valence-corrected chi connectivity index (χ3v) is 13.8. The number of amides is 3. The van der Waals surface area contributed by atoms with E-state index in [9.17, 15) is 19.2 Å². The molecule has 4 aromatic rings. The maximum atomic E-state index is 14.3. The number of ether oxygens (including phenoxy) is 2. The monoisotopic (exact) mass is 803 g/mol. The zero-order valence-electron chi connectivity index (χ0n) is 34.8. The minimum atomic E-state index is -0.646. The summed E-state index contributed by atoms with van der Waals surface area (Å²) in [5.41, 5.74) is 5.99. The van der Waals surface area contributed by atoms with Crippen LogP contribution >= 0.6 is 0 Å². The number of alkyl carbamates (subject to hydrolysis) is 1. The first kappa shape index (κ1) is 40.3. The van der Waals surface area contributed by atoms with E-state index in [-0.39, 0.29) is 60.2 Å². The first-order valence-corrected chi connectivity index (χ1v) is 21.5. The second-order valence-electron chi connectivity index (χ2n) is 16.9. The molecule has 4 bridgehead atoms. The van der Waals surface area contributed by atoms with Gasteiger partial charge in [0.15, 0.2) is 0 Å². The topological polar surface area (TPSA) is 163 Å². The number of H-pyrrole nitrogens is 2. The molecule has 2 aliphatic heterocycles. The fraction of sp³-hybridized carbons (Fsp3) is 0.522. The molecule has 9 unspecified atom stereocenters. The normalized spacial score (nSPS) is 24.6. The van der Waals surface area contributed by atoms with Crippen molar-refractivity contribution >= 4 is 23.9 Å².